The average molecular weight is 357 g/mol. The molecule has 2 rings (SSSR count). The molecule has 26 heavy (non-hydrogen) atoms. The molecule has 140 valence electrons. The molecule has 0 aliphatic rings. The summed E-state index contributed by atoms with van der Waals surface area (Å²) in [7, 11) is 1.60. The fourth-order valence-corrected chi connectivity index (χ4v) is 2.44. The van der Waals surface area contributed by atoms with Gasteiger partial charge in [0, 0.05) is 16.7 Å². The van der Waals surface area contributed by atoms with Gasteiger partial charge in [-0.05, 0) is 58.0 Å². The first-order chi connectivity index (χ1) is 12.3. The van der Waals surface area contributed by atoms with Crippen LogP contribution in [0.3, 0.4) is 0 Å². The first-order valence-electron chi connectivity index (χ1n) is 8.68. The number of hydrogen-bond acceptors (Lipinski definition) is 4. The van der Waals surface area contributed by atoms with Crippen molar-refractivity contribution in [3.63, 3.8) is 0 Å². The second kappa shape index (κ2) is 8.61. The summed E-state index contributed by atoms with van der Waals surface area (Å²) in [6.07, 6.45) is 0. The van der Waals surface area contributed by atoms with Crippen LogP contribution in [0.4, 0.5) is 0 Å². The molecule has 2 aromatic carbocycles. The number of carbonyl (C=O) groups excluding carboxylic acids is 1. The van der Waals surface area contributed by atoms with E-state index < -0.39 is 0 Å². The van der Waals surface area contributed by atoms with Crippen LogP contribution < -0.4 is 19.5 Å². The second-order valence-electron chi connectivity index (χ2n) is 6.90. The normalized spacial score (nSPS) is 11.0. The summed E-state index contributed by atoms with van der Waals surface area (Å²) in [6.45, 7) is 8.58. The van der Waals surface area contributed by atoms with Crippen molar-refractivity contribution in [3.8, 4) is 17.2 Å². The molecule has 1 amide bonds. The smallest absolute Gasteiger partial charge is 0.251 e. The zero-order valence-electron chi connectivity index (χ0n) is 16.1. The lowest BCUT2D eigenvalue weighted by Crippen LogP contribution is -2.40. The molecule has 2 aromatic rings. The Hall–Kier alpha value is -2.69. The molecule has 0 heterocycles. The Morgan fingerprint density at radius 2 is 1.69 bits per heavy atom. The number of carbonyl (C=O) groups is 1. The van der Waals surface area contributed by atoms with Crippen molar-refractivity contribution in [1.29, 1.82) is 0 Å². The average Bonchev–Trinajstić information content (AvgIpc) is 2.59. The summed E-state index contributed by atoms with van der Waals surface area (Å²) < 4.78 is 16.9. The van der Waals surface area contributed by atoms with E-state index in [-0.39, 0.29) is 18.1 Å². The molecule has 0 aliphatic heterocycles. The minimum atomic E-state index is -0.302. The number of methoxy groups -OCH3 is 1. The summed E-state index contributed by atoms with van der Waals surface area (Å²) in [4.78, 5) is 12.4. The van der Waals surface area contributed by atoms with Gasteiger partial charge >= 0.3 is 0 Å². The molecule has 5 heteroatoms. The minimum Gasteiger partial charge on any atom is -0.493 e. The molecule has 0 radical (unpaired) electrons. The van der Waals surface area contributed by atoms with Gasteiger partial charge in [0.05, 0.1) is 13.7 Å². The Kier molecular flexibility index (Phi) is 6.50. The fourth-order valence-electron chi connectivity index (χ4n) is 2.44. The predicted molar refractivity (Wildman–Crippen MR) is 102 cm³/mol. The number of ether oxygens (including phenoxy) is 3. The molecule has 0 unspecified atom stereocenters. The molecule has 0 bridgehead atoms. The monoisotopic (exact) mass is 357 g/mol. The van der Waals surface area contributed by atoms with Crippen LogP contribution in [0, 0.1) is 0 Å². The van der Waals surface area contributed by atoms with Gasteiger partial charge in [0.2, 0.25) is 0 Å². The van der Waals surface area contributed by atoms with E-state index in [0.29, 0.717) is 29.4 Å². The van der Waals surface area contributed by atoms with Gasteiger partial charge in [-0.2, -0.15) is 0 Å². The first-order valence-corrected chi connectivity index (χ1v) is 8.68. The van der Waals surface area contributed by atoms with Crippen molar-refractivity contribution >= 4 is 5.91 Å². The summed E-state index contributed by atoms with van der Waals surface area (Å²) in [5, 5.41) is 2.97. The van der Waals surface area contributed by atoms with Crippen molar-refractivity contribution < 1.29 is 19.0 Å². The Labute approximate surface area is 155 Å². The molecule has 0 aromatic heterocycles. The highest BCUT2D eigenvalue weighted by Gasteiger charge is 2.17. The van der Waals surface area contributed by atoms with Gasteiger partial charge in [-0.15, -0.1) is 0 Å². The Balaban J connectivity index is 2.24. The highest BCUT2D eigenvalue weighted by Crippen LogP contribution is 2.28. The van der Waals surface area contributed by atoms with Crippen LogP contribution in [-0.4, -0.2) is 25.2 Å². The van der Waals surface area contributed by atoms with Crippen molar-refractivity contribution in [1.82, 2.24) is 5.32 Å². The van der Waals surface area contributed by atoms with Crippen molar-refractivity contribution in [3.05, 3.63) is 53.6 Å². The van der Waals surface area contributed by atoms with Crippen molar-refractivity contribution in [2.24, 2.45) is 0 Å². The molecule has 0 fully saturated rings. The van der Waals surface area contributed by atoms with Crippen molar-refractivity contribution in [2.75, 3.05) is 13.7 Å². The van der Waals surface area contributed by atoms with E-state index in [9.17, 15) is 4.79 Å². The lowest BCUT2D eigenvalue weighted by atomic mass is 10.1. The van der Waals surface area contributed by atoms with E-state index in [4.69, 9.17) is 14.2 Å². The van der Waals surface area contributed by atoms with Gasteiger partial charge in [0.25, 0.3) is 5.91 Å². The van der Waals surface area contributed by atoms with Crippen LogP contribution in [0.25, 0.3) is 0 Å². The predicted octanol–water partition coefficient (Wildman–Crippen LogP) is 4.20. The van der Waals surface area contributed by atoms with Gasteiger partial charge in [-0.3, -0.25) is 4.79 Å². The van der Waals surface area contributed by atoms with Crippen LogP contribution in [-0.2, 0) is 6.61 Å². The minimum absolute atomic E-state index is 0.126. The third-order valence-corrected chi connectivity index (χ3v) is 3.56. The molecule has 1 N–H and O–H groups in total. The number of amides is 1. The summed E-state index contributed by atoms with van der Waals surface area (Å²) in [5.41, 5.74) is 1.07. The van der Waals surface area contributed by atoms with E-state index in [1.165, 1.54) is 0 Å². The molecule has 0 spiro atoms. The largest absolute Gasteiger partial charge is 0.493 e. The quantitative estimate of drug-likeness (QED) is 0.807. The maximum absolute atomic E-state index is 12.4. The van der Waals surface area contributed by atoms with Crippen LogP contribution in [0.1, 0.15) is 43.6 Å². The highest BCUT2D eigenvalue weighted by atomic mass is 16.5. The standard InChI is InChI=1S/C21H27NO4/c1-6-25-17-12-11-15(20(23)22-21(2,3)4)13-16(17)14-26-19-10-8-7-9-18(19)24-5/h7-13H,6,14H2,1-5H3,(H,22,23). The van der Waals surface area contributed by atoms with E-state index >= 15 is 0 Å². The van der Waals surface area contributed by atoms with Crippen LogP contribution in [0.5, 0.6) is 17.2 Å². The first kappa shape index (κ1) is 19.6. The van der Waals surface area contributed by atoms with E-state index in [1.807, 2.05) is 64.1 Å². The van der Waals surface area contributed by atoms with E-state index in [2.05, 4.69) is 5.32 Å². The third-order valence-electron chi connectivity index (χ3n) is 3.56. The number of hydrogen-bond donors (Lipinski definition) is 1. The number of rotatable bonds is 7. The Bertz CT molecular complexity index is 750. The maximum atomic E-state index is 12.4. The fraction of sp³-hybridized carbons (Fsp3) is 0.381. The highest BCUT2D eigenvalue weighted by molar-refractivity contribution is 5.95. The van der Waals surface area contributed by atoms with E-state index in [0.717, 1.165) is 5.56 Å². The topological polar surface area (TPSA) is 56.8 Å². The van der Waals surface area contributed by atoms with Crippen LogP contribution in [0.2, 0.25) is 0 Å². The molecular weight excluding hydrogens is 330 g/mol. The number of benzene rings is 2. The van der Waals surface area contributed by atoms with Gasteiger partial charge < -0.3 is 19.5 Å². The number of nitrogens with one attached hydrogen (secondary N) is 1. The van der Waals surface area contributed by atoms with Crippen LogP contribution >= 0.6 is 0 Å². The maximum Gasteiger partial charge on any atom is 0.251 e. The second-order valence-corrected chi connectivity index (χ2v) is 6.90. The molecule has 0 atom stereocenters. The van der Waals surface area contributed by atoms with Gasteiger partial charge in [0.1, 0.15) is 12.4 Å². The lowest BCUT2D eigenvalue weighted by molar-refractivity contribution is 0.0919. The Morgan fingerprint density at radius 3 is 2.31 bits per heavy atom. The summed E-state index contributed by atoms with van der Waals surface area (Å²) in [5.74, 6) is 1.88. The molecule has 5 nitrogen and oxygen atoms in total. The van der Waals surface area contributed by atoms with Gasteiger partial charge in [-0.25, -0.2) is 0 Å². The molecule has 0 saturated heterocycles. The lowest BCUT2D eigenvalue weighted by Gasteiger charge is -2.21. The van der Waals surface area contributed by atoms with E-state index in [1.54, 1.807) is 13.2 Å². The van der Waals surface area contributed by atoms with Gasteiger partial charge in [-0.1, -0.05) is 12.1 Å². The summed E-state index contributed by atoms with van der Waals surface area (Å²) >= 11 is 0. The molecule has 0 aliphatic carbocycles. The molecule has 0 saturated carbocycles. The zero-order chi connectivity index (χ0) is 19.2. The third kappa shape index (κ3) is 5.41. The Morgan fingerprint density at radius 1 is 1.00 bits per heavy atom. The van der Waals surface area contributed by atoms with Crippen LogP contribution in [0.15, 0.2) is 42.5 Å². The van der Waals surface area contributed by atoms with Gasteiger partial charge in [0.15, 0.2) is 11.5 Å². The SMILES string of the molecule is CCOc1ccc(C(=O)NC(C)(C)C)cc1COc1ccccc1OC. The zero-order valence-corrected chi connectivity index (χ0v) is 16.1. The number of para-hydroxylation sites is 2. The summed E-state index contributed by atoms with van der Waals surface area (Å²) in [6, 6.07) is 12.8. The van der Waals surface area contributed by atoms with Crippen molar-refractivity contribution in [2.45, 2.75) is 39.8 Å². The molecular formula is C21H27NO4.